The number of halogens is 2. The number of nitrogens with zero attached hydrogens (tertiary/aromatic N) is 2. The molecule has 0 atom stereocenters. The summed E-state index contributed by atoms with van der Waals surface area (Å²) in [5, 5.41) is 5.19. The van der Waals surface area contributed by atoms with Crippen LogP contribution in [0.25, 0.3) is 0 Å². The topological polar surface area (TPSA) is 54.5 Å². The number of nitrogens with one attached hydrogen (secondary N) is 1. The van der Waals surface area contributed by atoms with Crippen LogP contribution in [0.15, 0.2) is 53.9 Å². The molecule has 0 saturated heterocycles. The number of thiazole rings is 1. The van der Waals surface area contributed by atoms with Crippen LogP contribution in [0.1, 0.15) is 26.6 Å². The van der Waals surface area contributed by atoms with Gasteiger partial charge in [0.1, 0.15) is 22.3 Å². The number of methoxy groups -OCH3 is 1. The second kappa shape index (κ2) is 10.9. The summed E-state index contributed by atoms with van der Waals surface area (Å²) in [6.45, 7) is 2.12. The molecule has 3 aromatic rings. The standard InChI is InChI=1S/C22H23F2N3O2S/c1-29-11-10-25-22(28)20-15-30-21(26-20)14-27(12-16-6-8-18(23)9-7-16)13-17-4-2-3-5-19(17)24/h2-9,15H,10-14H2,1H3,(H,25,28). The van der Waals surface area contributed by atoms with Gasteiger partial charge in [-0.25, -0.2) is 13.8 Å². The van der Waals surface area contributed by atoms with Gasteiger partial charge in [0.05, 0.1) is 13.2 Å². The van der Waals surface area contributed by atoms with Crippen molar-refractivity contribution in [3.05, 3.63) is 87.4 Å². The Kier molecular flexibility index (Phi) is 8.01. The third-order valence-electron chi connectivity index (χ3n) is 4.41. The summed E-state index contributed by atoms with van der Waals surface area (Å²) in [7, 11) is 1.57. The first-order chi connectivity index (χ1) is 14.5. The molecule has 0 radical (unpaired) electrons. The molecular weight excluding hydrogens is 408 g/mol. The molecule has 158 valence electrons. The molecular formula is C22H23F2N3O2S. The number of aromatic nitrogens is 1. The lowest BCUT2D eigenvalue weighted by Gasteiger charge is -2.22. The number of carbonyl (C=O) groups excluding carboxylic acids is 1. The zero-order valence-corrected chi connectivity index (χ0v) is 17.4. The van der Waals surface area contributed by atoms with Gasteiger partial charge in [0.25, 0.3) is 5.91 Å². The van der Waals surface area contributed by atoms with Crippen LogP contribution in [0, 0.1) is 11.6 Å². The van der Waals surface area contributed by atoms with Crippen molar-refractivity contribution in [2.75, 3.05) is 20.3 Å². The number of hydrogen-bond donors (Lipinski definition) is 1. The van der Waals surface area contributed by atoms with Crippen molar-refractivity contribution < 1.29 is 18.3 Å². The monoisotopic (exact) mass is 431 g/mol. The van der Waals surface area contributed by atoms with Gasteiger partial charge < -0.3 is 10.1 Å². The second-order valence-corrected chi connectivity index (χ2v) is 7.68. The van der Waals surface area contributed by atoms with E-state index in [1.54, 1.807) is 42.8 Å². The van der Waals surface area contributed by atoms with Crippen molar-refractivity contribution in [1.29, 1.82) is 0 Å². The highest BCUT2D eigenvalue weighted by Gasteiger charge is 2.15. The van der Waals surface area contributed by atoms with Crippen molar-refractivity contribution in [2.45, 2.75) is 19.6 Å². The molecule has 1 N–H and O–H groups in total. The van der Waals surface area contributed by atoms with Gasteiger partial charge >= 0.3 is 0 Å². The largest absolute Gasteiger partial charge is 0.383 e. The van der Waals surface area contributed by atoms with E-state index in [-0.39, 0.29) is 17.5 Å². The third-order valence-corrected chi connectivity index (χ3v) is 5.24. The van der Waals surface area contributed by atoms with E-state index in [0.717, 1.165) is 10.6 Å². The molecule has 1 heterocycles. The fourth-order valence-corrected chi connectivity index (χ4v) is 3.74. The minimum absolute atomic E-state index is 0.256. The molecule has 2 aromatic carbocycles. The summed E-state index contributed by atoms with van der Waals surface area (Å²) >= 11 is 1.37. The van der Waals surface area contributed by atoms with E-state index in [0.29, 0.717) is 44.0 Å². The van der Waals surface area contributed by atoms with Gasteiger partial charge in [-0.2, -0.15) is 0 Å². The molecule has 30 heavy (non-hydrogen) atoms. The molecule has 3 rings (SSSR count). The third kappa shape index (κ3) is 6.41. The van der Waals surface area contributed by atoms with Crippen LogP contribution in [-0.4, -0.2) is 36.1 Å². The van der Waals surface area contributed by atoms with Crippen LogP contribution in [0.5, 0.6) is 0 Å². The van der Waals surface area contributed by atoms with E-state index >= 15 is 0 Å². The molecule has 1 amide bonds. The van der Waals surface area contributed by atoms with Gasteiger partial charge in [-0.05, 0) is 23.8 Å². The predicted molar refractivity (Wildman–Crippen MR) is 112 cm³/mol. The lowest BCUT2D eigenvalue weighted by atomic mass is 10.1. The van der Waals surface area contributed by atoms with Crippen LogP contribution in [-0.2, 0) is 24.4 Å². The average Bonchev–Trinajstić information content (AvgIpc) is 3.20. The number of benzene rings is 2. The normalized spacial score (nSPS) is 11.1. The molecule has 5 nitrogen and oxygen atoms in total. The Morgan fingerprint density at radius 3 is 2.60 bits per heavy atom. The van der Waals surface area contributed by atoms with Crippen molar-refractivity contribution in [3.8, 4) is 0 Å². The smallest absolute Gasteiger partial charge is 0.270 e. The zero-order chi connectivity index (χ0) is 21.3. The van der Waals surface area contributed by atoms with Crippen LogP contribution in [0.3, 0.4) is 0 Å². The first-order valence-electron chi connectivity index (χ1n) is 9.47. The summed E-state index contributed by atoms with van der Waals surface area (Å²) in [4.78, 5) is 18.6. The summed E-state index contributed by atoms with van der Waals surface area (Å²) in [6, 6.07) is 12.8. The molecule has 8 heteroatoms. The van der Waals surface area contributed by atoms with Crippen LogP contribution >= 0.6 is 11.3 Å². The van der Waals surface area contributed by atoms with E-state index in [9.17, 15) is 13.6 Å². The molecule has 0 spiro atoms. The van der Waals surface area contributed by atoms with Gasteiger partial charge in [0, 0.05) is 37.7 Å². The van der Waals surface area contributed by atoms with E-state index in [1.807, 2.05) is 4.90 Å². The lowest BCUT2D eigenvalue weighted by molar-refractivity contribution is 0.0932. The SMILES string of the molecule is COCCNC(=O)c1csc(CN(Cc2ccc(F)cc2)Cc2ccccc2F)n1. The minimum atomic E-state index is -0.302. The molecule has 1 aromatic heterocycles. The molecule has 0 aliphatic heterocycles. The van der Waals surface area contributed by atoms with Gasteiger partial charge in [-0.1, -0.05) is 30.3 Å². The van der Waals surface area contributed by atoms with Crippen molar-refractivity contribution in [3.63, 3.8) is 0 Å². The van der Waals surface area contributed by atoms with Crippen LogP contribution in [0.4, 0.5) is 8.78 Å². The van der Waals surface area contributed by atoms with Crippen LogP contribution in [0.2, 0.25) is 0 Å². The Morgan fingerprint density at radius 2 is 1.87 bits per heavy atom. The molecule has 0 aliphatic carbocycles. The molecule has 0 bridgehead atoms. The van der Waals surface area contributed by atoms with E-state index in [4.69, 9.17) is 4.74 Å². The number of amides is 1. The maximum atomic E-state index is 14.2. The number of carbonyl (C=O) groups is 1. The fourth-order valence-electron chi connectivity index (χ4n) is 2.92. The number of rotatable bonds is 10. The van der Waals surface area contributed by atoms with Crippen molar-refractivity contribution in [1.82, 2.24) is 15.2 Å². The Hall–Kier alpha value is -2.68. The summed E-state index contributed by atoms with van der Waals surface area (Å²) in [5.41, 5.74) is 1.81. The summed E-state index contributed by atoms with van der Waals surface area (Å²) < 4.78 is 32.4. The van der Waals surface area contributed by atoms with E-state index in [2.05, 4.69) is 10.3 Å². The highest BCUT2D eigenvalue weighted by Crippen LogP contribution is 2.19. The number of ether oxygens (including phenoxy) is 1. The highest BCUT2D eigenvalue weighted by molar-refractivity contribution is 7.09. The van der Waals surface area contributed by atoms with E-state index < -0.39 is 0 Å². The Balaban J connectivity index is 1.72. The minimum Gasteiger partial charge on any atom is -0.383 e. The van der Waals surface area contributed by atoms with Gasteiger partial charge in [0.2, 0.25) is 0 Å². The van der Waals surface area contributed by atoms with Crippen molar-refractivity contribution in [2.24, 2.45) is 0 Å². The zero-order valence-electron chi connectivity index (χ0n) is 16.6. The number of hydrogen-bond acceptors (Lipinski definition) is 5. The summed E-state index contributed by atoms with van der Waals surface area (Å²) in [5.74, 6) is -0.837. The summed E-state index contributed by atoms with van der Waals surface area (Å²) in [6.07, 6.45) is 0. The maximum Gasteiger partial charge on any atom is 0.270 e. The Bertz CT molecular complexity index is 963. The second-order valence-electron chi connectivity index (χ2n) is 6.74. The quantitative estimate of drug-likeness (QED) is 0.493. The maximum absolute atomic E-state index is 14.2. The Morgan fingerprint density at radius 1 is 1.10 bits per heavy atom. The lowest BCUT2D eigenvalue weighted by Crippen LogP contribution is -2.27. The van der Waals surface area contributed by atoms with E-state index in [1.165, 1.54) is 29.5 Å². The van der Waals surface area contributed by atoms with Gasteiger partial charge in [0.15, 0.2) is 0 Å². The van der Waals surface area contributed by atoms with Crippen molar-refractivity contribution >= 4 is 17.2 Å². The average molecular weight is 432 g/mol. The van der Waals surface area contributed by atoms with Crippen LogP contribution < -0.4 is 5.32 Å². The first-order valence-corrected chi connectivity index (χ1v) is 10.3. The predicted octanol–water partition coefficient (Wildman–Crippen LogP) is 4.00. The highest BCUT2D eigenvalue weighted by atomic mass is 32.1. The molecule has 0 fully saturated rings. The molecule has 0 saturated carbocycles. The molecule has 0 unspecified atom stereocenters. The first kappa shape index (κ1) is 22.0. The molecule has 0 aliphatic rings. The van der Waals surface area contributed by atoms with Gasteiger partial charge in [-0.15, -0.1) is 11.3 Å². The Labute approximate surface area is 178 Å². The van der Waals surface area contributed by atoms with Gasteiger partial charge in [-0.3, -0.25) is 9.69 Å². The fraction of sp³-hybridized carbons (Fsp3) is 0.273.